The molecule has 3 N–H and O–H groups in total. The largest absolute Gasteiger partial charge is 0.381 e. The van der Waals surface area contributed by atoms with E-state index in [-0.39, 0.29) is 0 Å². The summed E-state index contributed by atoms with van der Waals surface area (Å²) >= 11 is 0. The standard InChI is InChI=1S/C13H26N2O/c14-10-11-4-1-2-6-13(11)15-12-5-3-8-16-9-7-12/h11-13,15H,1-10,14H2. The Balaban J connectivity index is 1.81. The van der Waals surface area contributed by atoms with E-state index < -0.39 is 0 Å². The van der Waals surface area contributed by atoms with Gasteiger partial charge < -0.3 is 15.8 Å². The molecule has 3 nitrogen and oxygen atoms in total. The van der Waals surface area contributed by atoms with Crippen molar-refractivity contribution in [1.29, 1.82) is 0 Å². The van der Waals surface area contributed by atoms with Gasteiger partial charge in [0.25, 0.3) is 0 Å². The average Bonchev–Trinajstić information content (AvgIpc) is 2.58. The zero-order valence-electron chi connectivity index (χ0n) is 10.3. The Bertz CT molecular complexity index is 190. The minimum absolute atomic E-state index is 0.666. The van der Waals surface area contributed by atoms with Crippen LogP contribution >= 0.6 is 0 Å². The molecule has 0 amide bonds. The van der Waals surface area contributed by atoms with Gasteiger partial charge in [-0.1, -0.05) is 12.8 Å². The van der Waals surface area contributed by atoms with Crippen molar-refractivity contribution in [2.45, 2.75) is 57.0 Å². The van der Waals surface area contributed by atoms with Gasteiger partial charge >= 0.3 is 0 Å². The third kappa shape index (κ3) is 3.44. The molecule has 1 heterocycles. The molecule has 2 aliphatic rings. The molecule has 1 aliphatic carbocycles. The molecular weight excluding hydrogens is 200 g/mol. The topological polar surface area (TPSA) is 47.3 Å². The fourth-order valence-corrected chi connectivity index (χ4v) is 3.08. The van der Waals surface area contributed by atoms with Crippen LogP contribution in [-0.4, -0.2) is 31.8 Å². The molecule has 2 fully saturated rings. The van der Waals surface area contributed by atoms with Gasteiger partial charge in [0.05, 0.1) is 0 Å². The van der Waals surface area contributed by atoms with Crippen LogP contribution in [-0.2, 0) is 4.74 Å². The van der Waals surface area contributed by atoms with Crippen molar-refractivity contribution in [1.82, 2.24) is 5.32 Å². The second-order valence-electron chi connectivity index (χ2n) is 5.29. The van der Waals surface area contributed by atoms with E-state index in [0.717, 1.165) is 19.8 Å². The van der Waals surface area contributed by atoms with Crippen LogP contribution in [0.3, 0.4) is 0 Å². The second-order valence-corrected chi connectivity index (χ2v) is 5.29. The van der Waals surface area contributed by atoms with E-state index in [9.17, 15) is 0 Å². The molecule has 1 saturated carbocycles. The molecule has 3 heteroatoms. The number of rotatable bonds is 3. The lowest BCUT2D eigenvalue weighted by Gasteiger charge is -2.34. The smallest absolute Gasteiger partial charge is 0.0480 e. The fourth-order valence-electron chi connectivity index (χ4n) is 3.08. The first-order chi connectivity index (χ1) is 7.90. The van der Waals surface area contributed by atoms with Crippen molar-refractivity contribution in [3.8, 4) is 0 Å². The van der Waals surface area contributed by atoms with Crippen molar-refractivity contribution in [3.05, 3.63) is 0 Å². The minimum Gasteiger partial charge on any atom is -0.381 e. The maximum atomic E-state index is 5.86. The first-order valence-electron chi connectivity index (χ1n) is 6.94. The number of hydrogen-bond acceptors (Lipinski definition) is 3. The van der Waals surface area contributed by atoms with E-state index in [1.165, 1.54) is 44.9 Å². The summed E-state index contributed by atoms with van der Waals surface area (Å²) in [7, 11) is 0. The molecule has 16 heavy (non-hydrogen) atoms. The molecule has 0 aromatic rings. The van der Waals surface area contributed by atoms with E-state index in [2.05, 4.69) is 5.32 Å². The molecule has 0 bridgehead atoms. The van der Waals surface area contributed by atoms with Crippen LogP contribution in [0.1, 0.15) is 44.9 Å². The summed E-state index contributed by atoms with van der Waals surface area (Å²) in [4.78, 5) is 0. The Morgan fingerprint density at radius 2 is 1.88 bits per heavy atom. The van der Waals surface area contributed by atoms with Gasteiger partial charge in [0.1, 0.15) is 0 Å². The first-order valence-corrected chi connectivity index (χ1v) is 6.94. The van der Waals surface area contributed by atoms with Crippen LogP contribution in [0, 0.1) is 5.92 Å². The third-order valence-corrected chi connectivity index (χ3v) is 4.11. The van der Waals surface area contributed by atoms with Gasteiger partial charge in [0.2, 0.25) is 0 Å². The molecule has 94 valence electrons. The Kier molecular flexibility index (Phi) is 5.07. The summed E-state index contributed by atoms with van der Waals surface area (Å²) in [6.45, 7) is 2.72. The normalized spacial score (nSPS) is 36.9. The van der Waals surface area contributed by atoms with Crippen molar-refractivity contribution in [3.63, 3.8) is 0 Å². The van der Waals surface area contributed by atoms with Gasteiger partial charge in [-0.25, -0.2) is 0 Å². The van der Waals surface area contributed by atoms with E-state index in [1.807, 2.05) is 0 Å². The maximum absolute atomic E-state index is 5.86. The summed E-state index contributed by atoms with van der Waals surface area (Å²) < 4.78 is 5.50. The van der Waals surface area contributed by atoms with Gasteiger partial charge in [-0.05, 0) is 44.6 Å². The lowest BCUT2D eigenvalue weighted by atomic mass is 9.84. The molecule has 0 spiro atoms. The van der Waals surface area contributed by atoms with E-state index in [1.54, 1.807) is 0 Å². The van der Waals surface area contributed by atoms with E-state index in [4.69, 9.17) is 10.5 Å². The predicted molar refractivity (Wildman–Crippen MR) is 66.4 cm³/mol. The summed E-state index contributed by atoms with van der Waals surface area (Å²) in [6, 6.07) is 1.33. The maximum Gasteiger partial charge on any atom is 0.0480 e. The predicted octanol–water partition coefficient (Wildman–Crippen LogP) is 1.66. The van der Waals surface area contributed by atoms with Crippen LogP contribution in [0.2, 0.25) is 0 Å². The highest BCUT2D eigenvalue weighted by Crippen LogP contribution is 2.24. The number of nitrogens with two attached hydrogens (primary N) is 1. The van der Waals surface area contributed by atoms with Crippen LogP contribution in [0.15, 0.2) is 0 Å². The summed E-state index contributed by atoms with van der Waals surface area (Å²) in [5, 5.41) is 3.84. The highest BCUT2D eigenvalue weighted by Gasteiger charge is 2.26. The van der Waals surface area contributed by atoms with Crippen molar-refractivity contribution >= 4 is 0 Å². The van der Waals surface area contributed by atoms with Crippen LogP contribution in [0.5, 0.6) is 0 Å². The van der Waals surface area contributed by atoms with E-state index in [0.29, 0.717) is 18.0 Å². The summed E-state index contributed by atoms with van der Waals surface area (Å²) in [5.74, 6) is 0.706. The second kappa shape index (κ2) is 6.58. The Hall–Kier alpha value is -0.120. The molecule has 1 saturated heterocycles. The van der Waals surface area contributed by atoms with Crippen molar-refractivity contribution < 1.29 is 4.74 Å². The molecule has 0 radical (unpaired) electrons. The monoisotopic (exact) mass is 226 g/mol. The molecule has 0 aromatic heterocycles. The van der Waals surface area contributed by atoms with Gasteiger partial charge in [-0.3, -0.25) is 0 Å². The van der Waals surface area contributed by atoms with E-state index >= 15 is 0 Å². The highest BCUT2D eigenvalue weighted by molar-refractivity contribution is 4.84. The number of ether oxygens (including phenoxy) is 1. The third-order valence-electron chi connectivity index (χ3n) is 4.11. The van der Waals surface area contributed by atoms with Crippen LogP contribution < -0.4 is 11.1 Å². The molecule has 3 atom stereocenters. The average molecular weight is 226 g/mol. The van der Waals surface area contributed by atoms with Gasteiger partial charge in [0, 0.05) is 25.3 Å². The fraction of sp³-hybridized carbons (Fsp3) is 1.00. The zero-order valence-corrected chi connectivity index (χ0v) is 10.3. The Labute approximate surface area is 99.1 Å². The molecule has 3 unspecified atom stereocenters. The zero-order chi connectivity index (χ0) is 11.2. The van der Waals surface area contributed by atoms with Gasteiger partial charge in [-0.2, -0.15) is 0 Å². The number of hydrogen-bond donors (Lipinski definition) is 2. The lowest BCUT2D eigenvalue weighted by molar-refractivity contribution is 0.141. The SMILES string of the molecule is NCC1CCCCC1NC1CCCOCC1. The molecule has 0 aromatic carbocycles. The molecule has 1 aliphatic heterocycles. The van der Waals surface area contributed by atoms with Crippen LogP contribution in [0.4, 0.5) is 0 Å². The van der Waals surface area contributed by atoms with Gasteiger partial charge in [-0.15, -0.1) is 0 Å². The number of nitrogens with one attached hydrogen (secondary N) is 1. The summed E-state index contributed by atoms with van der Waals surface area (Å²) in [5.41, 5.74) is 5.86. The first kappa shape index (κ1) is 12.3. The van der Waals surface area contributed by atoms with Crippen molar-refractivity contribution in [2.24, 2.45) is 11.7 Å². The van der Waals surface area contributed by atoms with Crippen molar-refractivity contribution in [2.75, 3.05) is 19.8 Å². The Morgan fingerprint density at radius 1 is 1.00 bits per heavy atom. The van der Waals surface area contributed by atoms with Gasteiger partial charge in [0.15, 0.2) is 0 Å². The molecular formula is C13H26N2O. The Morgan fingerprint density at radius 3 is 2.75 bits per heavy atom. The highest BCUT2D eigenvalue weighted by atomic mass is 16.5. The molecule has 2 rings (SSSR count). The minimum atomic E-state index is 0.666. The summed E-state index contributed by atoms with van der Waals surface area (Å²) in [6.07, 6.45) is 9.03. The lowest BCUT2D eigenvalue weighted by Crippen LogP contribution is -2.46. The van der Waals surface area contributed by atoms with Crippen LogP contribution in [0.25, 0.3) is 0 Å². The quantitative estimate of drug-likeness (QED) is 0.769.